The van der Waals surface area contributed by atoms with Gasteiger partial charge in [0.1, 0.15) is 11.5 Å². The standard InChI is InChI=1S/C22H19FN4O/c1-14(2)24-22(28)20-12-19(16-10-6-7-11-17(16)23)25-21-13-18(26-27(20)21)15-8-4-3-5-9-15/h3-14H,1-2H3,(H,24,28). The first-order valence-corrected chi connectivity index (χ1v) is 9.05. The smallest absolute Gasteiger partial charge is 0.270 e. The molecule has 0 fully saturated rings. The fraction of sp³-hybridized carbons (Fsp3) is 0.136. The summed E-state index contributed by atoms with van der Waals surface area (Å²) in [6, 6.07) is 19.4. The first kappa shape index (κ1) is 17.9. The van der Waals surface area contributed by atoms with Crippen LogP contribution < -0.4 is 5.32 Å². The quantitative estimate of drug-likeness (QED) is 0.578. The molecule has 2 aromatic heterocycles. The predicted octanol–water partition coefficient (Wildman–Crippen LogP) is 4.34. The zero-order valence-electron chi connectivity index (χ0n) is 15.6. The Bertz CT molecular complexity index is 1150. The summed E-state index contributed by atoms with van der Waals surface area (Å²) in [7, 11) is 0. The Kier molecular flexibility index (Phi) is 4.61. The molecule has 0 unspecified atom stereocenters. The number of halogens is 1. The molecule has 0 aliphatic heterocycles. The number of hydrogen-bond acceptors (Lipinski definition) is 3. The molecule has 0 bridgehead atoms. The van der Waals surface area contributed by atoms with Gasteiger partial charge in [0.15, 0.2) is 5.65 Å². The maximum Gasteiger partial charge on any atom is 0.270 e. The Labute approximate surface area is 161 Å². The lowest BCUT2D eigenvalue weighted by Crippen LogP contribution is -2.31. The van der Waals surface area contributed by atoms with Gasteiger partial charge in [0, 0.05) is 23.2 Å². The number of carbonyl (C=O) groups is 1. The van der Waals surface area contributed by atoms with E-state index in [0.717, 1.165) is 5.56 Å². The van der Waals surface area contributed by atoms with Crippen LogP contribution >= 0.6 is 0 Å². The molecule has 0 spiro atoms. The number of hydrogen-bond donors (Lipinski definition) is 1. The highest BCUT2D eigenvalue weighted by atomic mass is 19.1. The molecule has 4 rings (SSSR count). The Morgan fingerprint density at radius 2 is 1.71 bits per heavy atom. The van der Waals surface area contributed by atoms with Gasteiger partial charge in [-0.05, 0) is 32.0 Å². The number of nitrogens with one attached hydrogen (secondary N) is 1. The number of benzene rings is 2. The highest BCUT2D eigenvalue weighted by Crippen LogP contribution is 2.25. The third kappa shape index (κ3) is 3.36. The van der Waals surface area contributed by atoms with E-state index in [-0.39, 0.29) is 11.9 Å². The van der Waals surface area contributed by atoms with Crippen molar-refractivity contribution in [3.63, 3.8) is 0 Å². The van der Waals surface area contributed by atoms with E-state index in [2.05, 4.69) is 15.4 Å². The largest absolute Gasteiger partial charge is 0.349 e. The molecule has 0 atom stereocenters. The van der Waals surface area contributed by atoms with Crippen molar-refractivity contribution in [1.82, 2.24) is 19.9 Å². The van der Waals surface area contributed by atoms with Crippen molar-refractivity contribution in [2.24, 2.45) is 0 Å². The van der Waals surface area contributed by atoms with Crippen molar-refractivity contribution in [2.75, 3.05) is 0 Å². The third-order valence-corrected chi connectivity index (χ3v) is 4.30. The van der Waals surface area contributed by atoms with Crippen molar-refractivity contribution in [3.05, 3.63) is 78.2 Å². The van der Waals surface area contributed by atoms with Crippen LogP contribution in [0.4, 0.5) is 4.39 Å². The van der Waals surface area contributed by atoms with Crippen molar-refractivity contribution >= 4 is 11.6 Å². The highest BCUT2D eigenvalue weighted by molar-refractivity contribution is 5.94. The number of aromatic nitrogens is 3. The van der Waals surface area contributed by atoms with E-state index in [4.69, 9.17) is 0 Å². The molecule has 6 heteroatoms. The second kappa shape index (κ2) is 7.23. The average molecular weight is 374 g/mol. The lowest BCUT2D eigenvalue weighted by molar-refractivity contribution is 0.0935. The zero-order chi connectivity index (χ0) is 19.7. The van der Waals surface area contributed by atoms with Gasteiger partial charge in [-0.3, -0.25) is 4.79 Å². The minimum Gasteiger partial charge on any atom is -0.349 e. The van der Waals surface area contributed by atoms with Gasteiger partial charge in [0.05, 0.1) is 11.4 Å². The Morgan fingerprint density at radius 3 is 2.43 bits per heavy atom. The van der Waals surface area contributed by atoms with Crippen LogP contribution in [0.3, 0.4) is 0 Å². The Hall–Kier alpha value is -3.54. The van der Waals surface area contributed by atoms with E-state index in [1.54, 1.807) is 30.3 Å². The third-order valence-electron chi connectivity index (χ3n) is 4.30. The van der Waals surface area contributed by atoms with Crippen LogP contribution in [0.2, 0.25) is 0 Å². The lowest BCUT2D eigenvalue weighted by Gasteiger charge is -2.11. The molecule has 1 N–H and O–H groups in total. The van der Waals surface area contributed by atoms with Crippen LogP contribution in [-0.2, 0) is 0 Å². The van der Waals surface area contributed by atoms with Crippen LogP contribution in [0.1, 0.15) is 24.3 Å². The first-order valence-electron chi connectivity index (χ1n) is 9.05. The molecule has 2 aromatic carbocycles. The van der Waals surface area contributed by atoms with Crippen LogP contribution in [0.25, 0.3) is 28.2 Å². The summed E-state index contributed by atoms with van der Waals surface area (Å²) in [6.07, 6.45) is 0. The summed E-state index contributed by atoms with van der Waals surface area (Å²) in [4.78, 5) is 17.3. The van der Waals surface area contributed by atoms with E-state index >= 15 is 0 Å². The normalized spacial score (nSPS) is 11.1. The van der Waals surface area contributed by atoms with Crippen molar-refractivity contribution < 1.29 is 9.18 Å². The van der Waals surface area contributed by atoms with Gasteiger partial charge >= 0.3 is 0 Å². The molecule has 0 saturated heterocycles. The predicted molar refractivity (Wildman–Crippen MR) is 106 cm³/mol. The molecular weight excluding hydrogens is 355 g/mol. The molecule has 0 aliphatic rings. The summed E-state index contributed by atoms with van der Waals surface area (Å²) in [6.45, 7) is 3.76. The molecule has 0 saturated carbocycles. The van der Waals surface area contributed by atoms with E-state index < -0.39 is 5.82 Å². The van der Waals surface area contributed by atoms with Gasteiger partial charge in [0.25, 0.3) is 5.91 Å². The summed E-state index contributed by atoms with van der Waals surface area (Å²) in [5.74, 6) is -0.680. The van der Waals surface area contributed by atoms with E-state index in [1.165, 1.54) is 10.6 Å². The van der Waals surface area contributed by atoms with Crippen LogP contribution in [-0.4, -0.2) is 26.5 Å². The minimum absolute atomic E-state index is 0.0446. The van der Waals surface area contributed by atoms with Crippen molar-refractivity contribution in [1.29, 1.82) is 0 Å². The molecular formula is C22H19FN4O. The van der Waals surface area contributed by atoms with Gasteiger partial charge < -0.3 is 5.32 Å². The van der Waals surface area contributed by atoms with Gasteiger partial charge in [-0.15, -0.1) is 0 Å². The maximum atomic E-state index is 14.3. The molecule has 1 amide bonds. The van der Waals surface area contributed by atoms with Crippen LogP contribution in [0.15, 0.2) is 66.7 Å². The highest BCUT2D eigenvalue weighted by Gasteiger charge is 2.18. The van der Waals surface area contributed by atoms with E-state index in [0.29, 0.717) is 28.3 Å². The number of nitrogens with zero attached hydrogens (tertiary/aromatic N) is 3. The molecule has 28 heavy (non-hydrogen) atoms. The van der Waals surface area contributed by atoms with E-state index in [9.17, 15) is 9.18 Å². The average Bonchev–Trinajstić information content (AvgIpc) is 3.12. The van der Waals surface area contributed by atoms with E-state index in [1.807, 2.05) is 44.2 Å². The maximum absolute atomic E-state index is 14.3. The molecule has 2 heterocycles. The SMILES string of the molecule is CC(C)NC(=O)c1cc(-c2ccccc2F)nc2cc(-c3ccccc3)nn12. The van der Waals surface area contributed by atoms with Crippen LogP contribution in [0.5, 0.6) is 0 Å². The number of carbonyl (C=O) groups excluding carboxylic acids is 1. The second-order valence-electron chi connectivity index (χ2n) is 6.80. The number of fused-ring (bicyclic) bond motifs is 1. The topological polar surface area (TPSA) is 59.3 Å². The molecule has 140 valence electrons. The molecule has 5 nitrogen and oxygen atoms in total. The summed E-state index contributed by atoms with van der Waals surface area (Å²) >= 11 is 0. The monoisotopic (exact) mass is 374 g/mol. The number of rotatable bonds is 4. The van der Waals surface area contributed by atoms with Gasteiger partial charge in [-0.25, -0.2) is 13.9 Å². The van der Waals surface area contributed by atoms with Crippen molar-refractivity contribution in [3.8, 4) is 22.5 Å². The molecule has 4 aromatic rings. The van der Waals surface area contributed by atoms with Crippen LogP contribution in [0, 0.1) is 5.82 Å². The van der Waals surface area contributed by atoms with Crippen molar-refractivity contribution in [2.45, 2.75) is 19.9 Å². The lowest BCUT2D eigenvalue weighted by atomic mass is 10.1. The minimum atomic E-state index is -0.391. The Morgan fingerprint density at radius 1 is 1.00 bits per heavy atom. The fourth-order valence-corrected chi connectivity index (χ4v) is 3.03. The first-order chi connectivity index (χ1) is 13.5. The van der Waals surface area contributed by atoms with Gasteiger partial charge in [-0.1, -0.05) is 42.5 Å². The molecule has 0 aliphatic carbocycles. The fourth-order valence-electron chi connectivity index (χ4n) is 3.03. The summed E-state index contributed by atoms with van der Waals surface area (Å²) in [5.41, 5.74) is 3.12. The summed E-state index contributed by atoms with van der Waals surface area (Å²) in [5, 5.41) is 7.44. The molecule has 0 radical (unpaired) electrons. The summed E-state index contributed by atoms with van der Waals surface area (Å²) < 4.78 is 15.8. The second-order valence-corrected chi connectivity index (χ2v) is 6.80. The van der Waals surface area contributed by atoms with Gasteiger partial charge in [0.2, 0.25) is 0 Å². The zero-order valence-corrected chi connectivity index (χ0v) is 15.6. The van der Waals surface area contributed by atoms with Gasteiger partial charge in [-0.2, -0.15) is 5.10 Å². The Balaban J connectivity index is 1.93. The number of amides is 1.